The maximum atomic E-state index is 12.3. The Balaban J connectivity index is 5.54. The molecule has 0 saturated carbocycles. The highest BCUT2D eigenvalue weighted by molar-refractivity contribution is 9.12. The molecule has 24 heavy (non-hydrogen) atoms. The fraction of sp³-hybridized carbons (Fsp3) is 0.667. The fourth-order valence-electron chi connectivity index (χ4n) is 2.02. The molecule has 138 valence electrons. The van der Waals surface area contributed by atoms with E-state index in [1.807, 2.05) is 13.0 Å². The van der Waals surface area contributed by atoms with E-state index in [0.717, 1.165) is 10.1 Å². The number of rotatable bonds is 6. The van der Waals surface area contributed by atoms with E-state index in [2.05, 4.69) is 35.9 Å². The molecule has 0 fully saturated rings. The Labute approximate surface area is 154 Å². The molecule has 1 atom stereocenters. The minimum Gasteiger partial charge on any atom is -0.467 e. The lowest BCUT2D eigenvalue weighted by Gasteiger charge is -2.30. The van der Waals surface area contributed by atoms with Gasteiger partial charge in [-0.25, -0.2) is 9.59 Å². The summed E-state index contributed by atoms with van der Waals surface area (Å²) in [5, 5.41) is 0. The van der Waals surface area contributed by atoms with Crippen LogP contribution >= 0.6 is 15.9 Å². The molecule has 0 rings (SSSR count). The van der Waals surface area contributed by atoms with Gasteiger partial charge in [0.2, 0.25) is 0 Å². The molecule has 0 heterocycles. The molecule has 1 amide bonds. The summed E-state index contributed by atoms with van der Waals surface area (Å²) in [7, 11) is 2.86. The Morgan fingerprint density at radius 1 is 1.25 bits per heavy atom. The molecule has 0 aromatic rings. The zero-order chi connectivity index (χ0) is 19.1. The van der Waals surface area contributed by atoms with Crippen LogP contribution in [-0.2, 0) is 14.3 Å². The zero-order valence-electron chi connectivity index (χ0n) is 16.0. The number of amides is 1. The van der Waals surface area contributed by atoms with Gasteiger partial charge in [-0.2, -0.15) is 0 Å². The van der Waals surface area contributed by atoms with Crippen molar-refractivity contribution in [2.24, 2.45) is 5.92 Å². The van der Waals surface area contributed by atoms with Crippen LogP contribution in [0, 0.1) is 5.92 Å². The van der Waals surface area contributed by atoms with Gasteiger partial charge in [0, 0.05) is 18.0 Å². The second-order valence-electron chi connectivity index (χ2n) is 6.91. The number of allylic oxidation sites excluding steroid dienone is 3. The lowest BCUT2D eigenvalue weighted by atomic mass is 10.0. The SMILES string of the molecule is C/C=C(Br)\C(=C/C(C)C)CC(C(=O)OC)N(C)C(=O)OC(C)(C)C. The predicted molar refractivity (Wildman–Crippen MR) is 100 cm³/mol. The minimum absolute atomic E-state index is 0.303. The van der Waals surface area contributed by atoms with Crippen molar-refractivity contribution in [2.75, 3.05) is 14.2 Å². The number of nitrogens with zero attached hydrogens (tertiary/aromatic N) is 1. The van der Waals surface area contributed by atoms with Gasteiger partial charge in [0.15, 0.2) is 0 Å². The molecule has 0 N–H and O–H groups in total. The van der Waals surface area contributed by atoms with Gasteiger partial charge in [-0.1, -0.05) is 41.9 Å². The van der Waals surface area contributed by atoms with Crippen LogP contribution in [0.25, 0.3) is 0 Å². The Hall–Kier alpha value is -1.30. The first-order valence-corrected chi connectivity index (χ1v) is 8.78. The van der Waals surface area contributed by atoms with Crippen LogP contribution in [0.3, 0.4) is 0 Å². The second kappa shape index (κ2) is 9.87. The summed E-state index contributed by atoms with van der Waals surface area (Å²) in [5.41, 5.74) is 0.310. The summed E-state index contributed by atoms with van der Waals surface area (Å²) in [6.07, 6.45) is 3.75. The number of hydrogen-bond donors (Lipinski definition) is 0. The lowest BCUT2D eigenvalue weighted by Crippen LogP contribution is -2.45. The van der Waals surface area contributed by atoms with Gasteiger partial charge < -0.3 is 9.47 Å². The summed E-state index contributed by atoms with van der Waals surface area (Å²) < 4.78 is 11.1. The van der Waals surface area contributed by atoms with Crippen molar-refractivity contribution >= 4 is 28.0 Å². The maximum absolute atomic E-state index is 12.3. The molecule has 0 aromatic heterocycles. The van der Waals surface area contributed by atoms with E-state index in [-0.39, 0.29) is 0 Å². The number of carbonyl (C=O) groups is 2. The first-order chi connectivity index (χ1) is 10.9. The van der Waals surface area contributed by atoms with Gasteiger partial charge in [0.05, 0.1) is 7.11 Å². The number of halogens is 1. The highest BCUT2D eigenvalue weighted by atomic mass is 79.9. The Morgan fingerprint density at radius 3 is 2.17 bits per heavy atom. The summed E-state index contributed by atoms with van der Waals surface area (Å²) in [5.74, 6) is -0.174. The van der Waals surface area contributed by atoms with Crippen LogP contribution in [0.5, 0.6) is 0 Å². The fourth-order valence-corrected chi connectivity index (χ4v) is 2.31. The van der Waals surface area contributed by atoms with Crippen molar-refractivity contribution in [3.05, 3.63) is 22.2 Å². The van der Waals surface area contributed by atoms with E-state index in [9.17, 15) is 9.59 Å². The van der Waals surface area contributed by atoms with Gasteiger partial charge in [-0.3, -0.25) is 4.90 Å². The van der Waals surface area contributed by atoms with Crippen molar-refractivity contribution < 1.29 is 19.1 Å². The van der Waals surface area contributed by atoms with Crippen molar-refractivity contribution in [3.8, 4) is 0 Å². The quantitative estimate of drug-likeness (QED) is 0.477. The smallest absolute Gasteiger partial charge is 0.410 e. The zero-order valence-corrected chi connectivity index (χ0v) is 17.6. The first kappa shape index (κ1) is 22.7. The van der Waals surface area contributed by atoms with E-state index < -0.39 is 23.7 Å². The highest BCUT2D eigenvalue weighted by Crippen LogP contribution is 2.26. The monoisotopic (exact) mass is 403 g/mol. The summed E-state index contributed by atoms with van der Waals surface area (Å²) in [4.78, 5) is 25.8. The van der Waals surface area contributed by atoms with Gasteiger partial charge >= 0.3 is 12.1 Å². The van der Waals surface area contributed by atoms with Crippen molar-refractivity contribution in [1.29, 1.82) is 0 Å². The van der Waals surface area contributed by atoms with E-state index in [1.54, 1.807) is 27.8 Å². The standard InChI is InChI=1S/C18H30BrNO4/c1-9-14(19)13(10-12(2)3)11-15(16(21)23-8)20(7)17(22)24-18(4,5)6/h9-10,12,15H,11H2,1-8H3/b13-10-,14-9+. The van der Waals surface area contributed by atoms with Crippen LogP contribution in [0.1, 0.15) is 48.0 Å². The lowest BCUT2D eigenvalue weighted by molar-refractivity contribution is -0.146. The minimum atomic E-state index is -0.762. The number of ether oxygens (including phenoxy) is 2. The molecule has 1 unspecified atom stereocenters. The molecule has 0 spiro atoms. The average molecular weight is 404 g/mol. The molecule has 0 aliphatic carbocycles. The van der Waals surface area contributed by atoms with Crippen LogP contribution in [-0.4, -0.2) is 42.8 Å². The normalized spacial score (nSPS) is 14.4. The summed E-state index contributed by atoms with van der Waals surface area (Å²) in [6, 6.07) is -0.762. The second-order valence-corrected chi connectivity index (χ2v) is 7.76. The van der Waals surface area contributed by atoms with Crippen LogP contribution in [0.15, 0.2) is 22.2 Å². The molecule has 0 aliphatic rings. The van der Waals surface area contributed by atoms with Gasteiger partial charge in [0.1, 0.15) is 11.6 Å². The van der Waals surface area contributed by atoms with Crippen LogP contribution in [0.4, 0.5) is 4.79 Å². The maximum Gasteiger partial charge on any atom is 0.410 e. The first-order valence-electron chi connectivity index (χ1n) is 7.99. The van der Waals surface area contributed by atoms with E-state index >= 15 is 0 Å². The average Bonchev–Trinajstić information content (AvgIpc) is 2.46. The van der Waals surface area contributed by atoms with E-state index in [4.69, 9.17) is 9.47 Å². The Kier molecular flexibility index (Phi) is 9.33. The van der Waals surface area contributed by atoms with Crippen molar-refractivity contribution in [2.45, 2.75) is 59.6 Å². The number of hydrogen-bond acceptors (Lipinski definition) is 4. The molecular formula is C18H30BrNO4. The largest absolute Gasteiger partial charge is 0.467 e. The van der Waals surface area contributed by atoms with Gasteiger partial charge in [-0.05, 0) is 39.2 Å². The molecular weight excluding hydrogens is 374 g/mol. The van der Waals surface area contributed by atoms with E-state index in [1.165, 1.54) is 12.0 Å². The topological polar surface area (TPSA) is 55.8 Å². The number of esters is 1. The third-order valence-corrected chi connectivity index (χ3v) is 4.10. The highest BCUT2D eigenvalue weighted by Gasteiger charge is 2.32. The molecule has 0 saturated heterocycles. The van der Waals surface area contributed by atoms with E-state index in [0.29, 0.717) is 12.3 Å². The van der Waals surface area contributed by atoms with Crippen LogP contribution < -0.4 is 0 Å². The number of likely N-dealkylation sites (N-methyl/N-ethyl adjacent to an activating group) is 1. The summed E-state index contributed by atoms with van der Waals surface area (Å²) in [6.45, 7) is 11.4. The summed E-state index contributed by atoms with van der Waals surface area (Å²) >= 11 is 3.51. The van der Waals surface area contributed by atoms with Gasteiger partial charge in [0.25, 0.3) is 0 Å². The molecule has 6 heteroatoms. The Bertz CT molecular complexity index is 504. The third-order valence-electron chi connectivity index (χ3n) is 3.13. The van der Waals surface area contributed by atoms with Crippen molar-refractivity contribution in [1.82, 2.24) is 4.90 Å². The molecule has 0 bridgehead atoms. The third kappa shape index (κ3) is 7.99. The Morgan fingerprint density at radius 2 is 1.79 bits per heavy atom. The molecule has 0 aromatic carbocycles. The number of carbonyl (C=O) groups excluding carboxylic acids is 2. The molecule has 0 radical (unpaired) electrons. The van der Waals surface area contributed by atoms with Crippen LogP contribution in [0.2, 0.25) is 0 Å². The molecule has 5 nitrogen and oxygen atoms in total. The predicted octanol–water partition coefficient (Wildman–Crippen LogP) is 4.67. The molecule has 0 aliphatic heterocycles. The van der Waals surface area contributed by atoms with Gasteiger partial charge in [-0.15, -0.1) is 0 Å². The van der Waals surface area contributed by atoms with Crippen molar-refractivity contribution in [3.63, 3.8) is 0 Å². The number of methoxy groups -OCH3 is 1.